The lowest BCUT2D eigenvalue weighted by molar-refractivity contribution is -0.143. The fraction of sp³-hybridized carbons (Fsp3) is 0.333. The summed E-state index contributed by atoms with van der Waals surface area (Å²) in [6.07, 6.45) is 0.238. The molecule has 2 aromatic rings. The van der Waals surface area contributed by atoms with E-state index in [4.69, 9.17) is 4.74 Å². The summed E-state index contributed by atoms with van der Waals surface area (Å²) in [6.45, 7) is 3.84. The van der Waals surface area contributed by atoms with E-state index in [0.29, 0.717) is 23.4 Å². The number of carbonyl (C=O) groups excluding carboxylic acids is 2. The average Bonchev–Trinajstić information content (AvgIpc) is 2.88. The number of hydrogen-bond donors (Lipinski definition) is 2. The van der Waals surface area contributed by atoms with E-state index in [0.717, 1.165) is 10.5 Å². The van der Waals surface area contributed by atoms with Crippen LogP contribution in [0.1, 0.15) is 36.9 Å². The molecule has 0 radical (unpaired) electrons. The van der Waals surface area contributed by atoms with Crippen molar-refractivity contribution >= 4 is 39.3 Å². The Hall–Kier alpha value is -2.36. The third-order valence-corrected chi connectivity index (χ3v) is 7.12. The zero-order valence-corrected chi connectivity index (χ0v) is 18.4. The smallest absolute Gasteiger partial charge is 0.307 e. The highest BCUT2D eigenvalue weighted by atomic mass is 32.2. The zero-order chi connectivity index (χ0) is 21.7. The Bertz CT molecular complexity index is 1040. The molecule has 0 aliphatic carbocycles. The summed E-state index contributed by atoms with van der Waals surface area (Å²) in [6, 6.07) is 11.1. The third kappa shape index (κ3) is 5.62. The van der Waals surface area contributed by atoms with Crippen LogP contribution < -0.4 is 10.0 Å². The Balaban J connectivity index is 1.89. The van der Waals surface area contributed by atoms with E-state index in [-0.39, 0.29) is 23.8 Å². The lowest BCUT2D eigenvalue weighted by Gasteiger charge is -2.19. The lowest BCUT2D eigenvalue weighted by atomic mass is 10.0. The molecule has 2 aromatic carbocycles. The van der Waals surface area contributed by atoms with Crippen LogP contribution >= 0.6 is 11.8 Å². The van der Waals surface area contributed by atoms with Gasteiger partial charge in [-0.2, -0.15) is 0 Å². The molecule has 1 heterocycles. The Morgan fingerprint density at radius 2 is 1.97 bits per heavy atom. The number of anilines is 1. The van der Waals surface area contributed by atoms with Gasteiger partial charge in [-0.05, 0) is 37.6 Å². The van der Waals surface area contributed by atoms with Gasteiger partial charge < -0.3 is 10.1 Å². The molecular weight excluding hydrogens is 424 g/mol. The van der Waals surface area contributed by atoms with Gasteiger partial charge in [0.05, 0.1) is 29.7 Å². The maximum Gasteiger partial charge on any atom is 0.307 e. The van der Waals surface area contributed by atoms with E-state index in [1.54, 1.807) is 25.1 Å². The minimum Gasteiger partial charge on any atom is -0.466 e. The monoisotopic (exact) mass is 448 g/mol. The first-order valence-corrected chi connectivity index (χ1v) is 12.1. The van der Waals surface area contributed by atoms with E-state index in [1.165, 1.54) is 23.9 Å². The van der Waals surface area contributed by atoms with Crippen molar-refractivity contribution in [3.8, 4) is 0 Å². The minimum absolute atomic E-state index is 0.0185. The number of rotatable bonds is 7. The summed E-state index contributed by atoms with van der Waals surface area (Å²) < 4.78 is 33.8. The largest absolute Gasteiger partial charge is 0.466 e. The number of benzene rings is 2. The SMILES string of the molecule is CCOC(=O)CC(NS(=O)(=O)c1ccc2c(c1)NC(=O)CCS2)c1ccc(C)cc1. The highest BCUT2D eigenvalue weighted by Gasteiger charge is 2.26. The Morgan fingerprint density at radius 1 is 1.23 bits per heavy atom. The van der Waals surface area contributed by atoms with E-state index in [2.05, 4.69) is 10.0 Å². The summed E-state index contributed by atoms with van der Waals surface area (Å²) in [5.41, 5.74) is 2.16. The number of fused-ring (bicyclic) bond motifs is 1. The minimum atomic E-state index is -3.96. The third-order valence-electron chi connectivity index (χ3n) is 4.58. The van der Waals surface area contributed by atoms with Gasteiger partial charge in [-0.25, -0.2) is 13.1 Å². The highest BCUT2D eigenvalue weighted by molar-refractivity contribution is 7.99. The molecule has 3 rings (SSSR count). The summed E-state index contributed by atoms with van der Waals surface area (Å²) in [5, 5.41) is 2.75. The summed E-state index contributed by atoms with van der Waals surface area (Å²) >= 11 is 1.50. The number of aryl methyl sites for hydroxylation is 1. The number of sulfonamides is 1. The number of carbonyl (C=O) groups is 2. The van der Waals surface area contributed by atoms with Gasteiger partial charge >= 0.3 is 5.97 Å². The molecule has 0 bridgehead atoms. The van der Waals surface area contributed by atoms with E-state index in [1.807, 2.05) is 19.1 Å². The van der Waals surface area contributed by atoms with Crippen LogP contribution in [-0.4, -0.2) is 32.7 Å². The number of nitrogens with one attached hydrogen (secondary N) is 2. The first-order valence-electron chi connectivity index (χ1n) is 9.59. The number of amides is 1. The Morgan fingerprint density at radius 3 is 2.67 bits per heavy atom. The fourth-order valence-electron chi connectivity index (χ4n) is 3.03. The van der Waals surface area contributed by atoms with Gasteiger partial charge in [-0.1, -0.05) is 29.8 Å². The molecule has 9 heteroatoms. The number of hydrogen-bond acceptors (Lipinski definition) is 6. The van der Waals surface area contributed by atoms with Gasteiger partial charge in [0.15, 0.2) is 0 Å². The Labute approximate surface area is 180 Å². The fourth-order valence-corrected chi connectivity index (χ4v) is 5.22. The first kappa shape index (κ1) is 22.3. The van der Waals surface area contributed by atoms with Crippen molar-refractivity contribution in [2.75, 3.05) is 17.7 Å². The molecule has 2 N–H and O–H groups in total. The Kier molecular flexibility index (Phi) is 7.17. The van der Waals surface area contributed by atoms with Gasteiger partial charge in [-0.3, -0.25) is 9.59 Å². The first-order chi connectivity index (χ1) is 14.3. The average molecular weight is 449 g/mol. The van der Waals surface area contributed by atoms with Crippen LogP contribution in [0.4, 0.5) is 5.69 Å². The van der Waals surface area contributed by atoms with Crippen molar-refractivity contribution in [1.82, 2.24) is 4.72 Å². The molecule has 1 amide bonds. The maximum absolute atomic E-state index is 13.1. The molecule has 0 spiro atoms. The van der Waals surface area contributed by atoms with Crippen LogP contribution in [0.3, 0.4) is 0 Å². The molecule has 160 valence electrons. The van der Waals surface area contributed by atoms with Crippen LogP contribution in [0.2, 0.25) is 0 Å². The van der Waals surface area contributed by atoms with Crippen LogP contribution in [0, 0.1) is 6.92 Å². The molecule has 30 heavy (non-hydrogen) atoms. The second-order valence-electron chi connectivity index (χ2n) is 6.90. The summed E-state index contributed by atoms with van der Waals surface area (Å²) in [4.78, 5) is 24.8. The second-order valence-corrected chi connectivity index (χ2v) is 9.75. The van der Waals surface area contributed by atoms with Crippen LogP contribution in [0.25, 0.3) is 0 Å². The topological polar surface area (TPSA) is 102 Å². The maximum atomic E-state index is 13.1. The highest BCUT2D eigenvalue weighted by Crippen LogP contribution is 2.33. The molecule has 0 aromatic heterocycles. The second kappa shape index (κ2) is 9.63. The zero-order valence-electron chi connectivity index (χ0n) is 16.8. The van der Waals surface area contributed by atoms with Gasteiger partial charge in [0.25, 0.3) is 0 Å². The molecule has 1 aliphatic heterocycles. The van der Waals surface area contributed by atoms with Crippen molar-refractivity contribution in [3.63, 3.8) is 0 Å². The molecule has 1 unspecified atom stereocenters. The number of ether oxygens (including phenoxy) is 1. The van der Waals surface area contributed by atoms with Crippen molar-refractivity contribution in [2.45, 2.75) is 42.5 Å². The molecule has 0 fully saturated rings. The number of thioether (sulfide) groups is 1. The van der Waals surface area contributed by atoms with E-state index >= 15 is 0 Å². The lowest BCUT2D eigenvalue weighted by Crippen LogP contribution is -2.31. The van der Waals surface area contributed by atoms with Gasteiger partial charge in [-0.15, -0.1) is 11.8 Å². The summed E-state index contributed by atoms with van der Waals surface area (Å²) in [7, 11) is -3.96. The molecule has 0 saturated heterocycles. The van der Waals surface area contributed by atoms with E-state index in [9.17, 15) is 18.0 Å². The van der Waals surface area contributed by atoms with Gasteiger partial charge in [0.2, 0.25) is 15.9 Å². The van der Waals surface area contributed by atoms with Crippen molar-refractivity contribution < 1.29 is 22.7 Å². The van der Waals surface area contributed by atoms with Gasteiger partial charge in [0.1, 0.15) is 0 Å². The van der Waals surface area contributed by atoms with E-state index < -0.39 is 22.0 Å². The van der Waals surface area contributed by atoms with Crippen molar-refractivity contribution in [1.29, 1.82) is 0 Å². The molecule has 7 nitrogen and oxygen atoms in total. The molecular formula is C21H24N2O5S2. The molecule has 1 aliphatic rings. The number of esters is 1. The predicted octanol–water partition coefficient (Wildman–Crippen LogP) is 3.40. The van der Waals surface area contributed by atoms with Crippen LogP contribution in [0.15, 0.2) is 52.3 Å². The van der Waals surface area contributed by atoms with Crippen LogP contribution in [0.5, 0.6) is 0 Å². The van der Waals surface area contributed by atoms with Crippen molar-refractivity contribution in [3.05, 3.63) is 53.6 Å². The van der Waals surface area contributed by atoms with Gasteiger partial charge in [0, 0.05) is 17.1 Å². The van der Waals surface area contributed by atoms with Crippen molar-refractivity contribution in [2.24, 2.45) is 0 Å². The van der Waals surface area contributed by atoms with Crippen LogP contribution in [-0.2, 0) is 24.3 Å². The quantitative estimate of drug-likeness (QED) is 0.630. The standard InChI is InChI=1S/C21H24N2O5S2/c1-3-28-21(25)13-17(15-6-4-14(2)5-7-15)23-30(26,27)16-8-9-19-18(12-16)22-20(24)10-11-29-19/h4-9,12,17,23H,3,10-11,13H2,1-2H3,(H,22,24). The predicted molar refractivity (Wildman–Crippen MR) is 116 cm³/mol. The summed E-state index contributed by atoms with van der Waals surface area (Å²) in [5.74, 6) is -0.00180. The molecule has 0 saturated carbocycles. The molecule has 1 atom stereocenters. The normalized spacial score (nSPS) is 14.9.